The molecule has 2 aromatic rings. The molecule has 1 amide bonds. The third-order valence-corrected chi connectivity index (χ3v) is 3.08. The summed E-state index contributed by atoms with van der Waals surface area (Å²) in [4.78, 5) is 11.9. The summed E-state index contributed by atoms with van der Waals surface area (Å²) in [5.74, 6) is 0.0703. The van der Waals surface area contributed by atoms with Gasteiger partial charge in [0.25, 0.3) is 5.91 Å². The van der Waals surface area contributed by atoms with Gasteiger partial charge in [0.05, 0.1) is 0 Å². The summed E-state index contributed by atoms with van der Waals surface area (Å²) in [6.07, 6.45) is 0. The summed E-state index contributed by atoms with van der Waals surface area (Å²) < 4.78 is 7.34. The van der Waals surface area contributed by atoms with Crippen LogP contribution in [0.2, 0.25) is 0 Å². The average Bonchev–Trinajstić information content (AvgIpc) is 2.72. The minimum atomic E-state index is -0.233. The maximum atomic E-state index is 11.9. The van der Waals surface area contributed by atoms with Crippen molar-refractivity contribution in [3.8, 4) is 0 Å². The third kappa shape index (κ3) is 2.59. The lowest BCUT2D eigenvalue weighted by Gasteiger charge is -1.99. The van der Waals surface area contributed by atoms with Gasteiger partial charge in [-0.05, 0) is 16.8 Å². The Kier molecular flexibility index (Phi) is 3.76. The molecule has 1 heterocycles. The molecule has 0 atom stereocenters. The minimum absolute atomic E-state index is 0.144. The highest BCUT2D eigenvalue weighted by atomic mass is 79.9. The molecule has 5 nitrogen and oxygen atoms in total. The summed E-state index contributed by atoms with van der Waals surface area (Å²) in [6.45, 7) is 3.94. The van der Waals surface area contributed by atoms with Gasteiger partial charge in [0.2, 0.25) is 5.27 Å². The Balaban J connectivity index is 2.18. The number of rotatable bonds is 3. The monoisotopic (exact) mass is 310 g/mol. The Morgan fingerprint density at radius 3 is 2.61 bits per heavy atom. The van der Waals surface area contributed by atoms with Crippen LogP contribution >= 0.6 is 15.9 Å². The normalized spacial score (nSPS) is 10.7. The fraction of sp³-hybridized carbons (Fsp3) is 0.250. The van der Waals surface area contributed by atoms with Gasteiger partial charge in [0.1, 0.15) is 0 Å². The SMILES string of the molecule is CC(C)[n+]1noc(NC(=O)c2ccccc2)c1Br. The lowest BCUT2D eigenvalue weighted by molar-refractivity contribution is -0.788. The highest BCUT2D eigenvalue weighted by Crippen LogP contribution is 2.19. The zero-order valence-corrected chi connectivity index (χ0v) is 11.6. The standard InChI is InChI=1S/C12H12BrN3O2/c1-8(2)16-10(13)12(18-15-16)14-11(17)9-6-4-3-5-7-9/h3-8H,1-2H3/p+1. The van der Waals surface area contributed by atoms with Crippen molar-refractivity contribution in [2.75, 3.05) is 5.32 Å². The van der Waals surface area contributed by atoms with Crippen LogP contribution in [0, 0.1) is 0 Å². The lowest BCUT2D eigenvalue weighted by Crippen LogP contribution is -2.39. The summed E-state index contributed by atoms with van der Waals surface area (Å²) in [5, 5.41) is 6.51. The molecule has 1 aromatic heterocycles. The molecule has 0 bridgehead atoms. The topological polar surface area (TPSA) is 59.0 Å². The van der Waals surface area contributed by atoms with E-state index in [0.29, 0.717) is 16.1 Å². The average molecular weight is 311 g/mol. The van der Waals surface area contributed by atoms with Crippen molar-refractivity contribution in [3.05, 3.63) is 40.5 Å². The van der Waals surface area contributed by atoms with E-state index < -0.39 is 0 Å². The number of hydrogen-bond donors (Lipinski definition) is 1. The van der Waals surface area contributed by atoms with Crippen LogP contribution in [-0.2, 0) is 0 Å². The van der Waals surface area contributed by atoms with Crippen LogP contribution in [0.3, 0.4) is 0 Å². The van der Waals surface area contributed by atoms with E-state index in [1.165, 1.54) is 0 Å². The van der Waals surface area contributed by atoms with E-state index in [2.05, 4.69) is 26.5 Å². The Morgan fingerprint density at radius 2 is 2.06 bits per heavy atom. The molecule has 0 aliphatic rings. The van der Waals surface area contributed by atoms with E-state index in [9.17, 15) is 4.79 Å². The molecular weight excluding hydrogens is 298 g/mol. The lowest BCUT2D eigenvalue weighted by atomic mass is 10.2. The molecular formula is C12H13BrN3O2+. The van der Waals surface area contributed by atoms with E-state index in [-0.39, 0.29) is 11.9 Å². The highest BCUT2D eigenvalue weighted by molar-refractivity contribution is 9.10. The van der Waals surface area contributed by atoms with Crippen LogP contribution < -0.4 is 10.00 Å². The van der Waals surface area contributed by atoms with Crippen molar-refractivity contribution in [2.45, 2.75) is 19.9 Å². The third-order valence-electron chi connectivity index (χ3n) is 2.36. The first-order valence-corrected chi connectivity index (χ1v) is 6.32. The summed E-state index contributed by atoms with van der Waals surface area (Å²) in [5.41, 5.74) is 0.567. The highest BCUT2D eigenvalue weighted by Gasteiger charge is 2.26. The second kappa shape index (κ2) is 5.30. The van der Waals surface area contributed by atoms with Gasteiger partial charge in [-0.25, -0.2) is 0 Å². The van der Waals surface area contributed by atoms with Gasteiger partial charge in [-0.2, -0.15) is 0 Å². The molecule has 0 aliphatic carbocycles. The Hall–Kier alpha value is -1.69. The molecule has 0 fully saturated rings. The molecule has 0 radical (unpaired) electrons. The van der Waals surface area contributed by atoms with Crippen LogP contribution in [0.4, 0.5) is 5.88 Å². The fourth-order valence-electron chi connectivity index (χ4n) is 1.42. The number of nitrogens with one attached hydrogen (secondary N) is 1. The predicted octanol–water partition coefficient (Wildman–Crippen LogP) is 2.56. The Morgan fingerprint density at radius 1 is 1.39 bits per heavy atom. The predicted molar refractivity (Wildman–Crippen MR) is 69.2 cm³/mol. The Labute approximate surface area is 113 Å². The van der Waals surface area contributed by atoms with Gasteiger partial charge in [-0.1, -0.05) is 18.2 Å². The van der Waals surface area contributed by atoms with Crippen molar-refractivity contribution in [3.63, 3.8) is 0 Å². The van der Waals surface area contributed by atoms with Crippen LogP contribution in [0.25, 0.3) is 0 Å². The zero-order chi connectivity index (χ0) is 13.1. The van der Waals surface area contributed by atoms with Crippen LogP contribution in [-0.4, -0.2) is 11.2 Å². The van der Waals surface area contributed by atoms with Gasteiger partial charge in [0.15, 0.2) is 6.04 Å². The molecule has 0 saturated heterocycles. The molecule has 0 unspecified atom stereocenters. The van der Waals surface area contributed by atoms with E-state index in [0.717, 1.165) is 0 Å². The summed E-state index contributed by atoms with van der Waals surface area (Å²) in [6, 6.07) is 9.07. The first-order valence-electron chi connectivity index (χ1n) is 5.53. The number of aromatic nitrogens is 2. The Bertz CT molecular complexity index is 552. The molecule has 94 valence electrons. The van der Waals surface area contributed by atoms with Gasteiger partial charge in [-0.15, -0.1) is 0 Å². The first kappa shape index (κ1) is 12.8. The number of halogens is 1. The number of nitrogens with zero attached hydrogens (tertiary/aromatic N) is 2. The molecule has 1 aromatic carbocycles. The van der Waals surface area contributed by atoms with Crippen molar-refractivity contribution >= 4 is 27.7 Å². The van der Waals surface area contributed by atoms with Gasteiger partial charge in [-0.3, -0.25) is 14.6 Å². The molecule has 2 rings (SSSR count). The largest absolute Gasteiger partial charge is 0.340 e. The second-order valence-corrected chi connectivity index (χ2v) is 4.80. The van der Waals surface area contributed by atoms with Crippen LogP contribution in [0.1, 0.15) is 30.2 Å². The van der Waals surface area contributed by atoms with E-state index in [4.69, 9.17) is 4.52 Å². The molecule has 6 heteroatoms. The summed E-state index contributed by atoms with van der Waals surface area (Å²) in [7, 11) is 0. The number of anilines is 1. The molecule has 0 aliphatic heterocycles. The quantitative estimate of drug-likeness (QED) is 0.886. The summed E-state index contributed by atoms with van der Waals surface area (Å²) >= 11 is 3.34. The number of carbonyl (C=O) groups is 1. The second-order valence-electron chi connectivity index (χ2n) is 4.05. The van der Waals surface area contributed by atoms with Crippen LogP contribution in [0.15, 0.2) is 39.5 Å². The molecule has 1 N–H and O–H groups in total. The number of amides is 1. The molecule has 18 heavy (non-hydrogen) atoms. The first-order chi connectivity index (χ1) is 8.59. The van der Waals surface area contributed by atoms with E-state index in [1.54, 1.807) is 28.9 Å². The van der Waals surface area contributed by atoms with E-state index >= 15 is 0 Å². The number of carbonyl (C=O) groups excluding carboxylic acids is 1. The fourth-order valence-corrected chi connectivity index (χ4v) is 2.07. The van der Waals surface area contributed by atoms with Crippen LogP contribution in [0.5, 0.6) is 0 Å². The maximum Gasteiger partial charge on any atom is 0.340 e. The smallest absolute Gasteiger partial charge is 0.284 e. The minimum Gasteiger partial charge on any atom is -0.284 e. The number of benzene rings is 1. The van der Waals surface area contributed by atoms with Crippen molar-refractivity contribution in [2.24, 2.45) is 0 Å². The van der Waals surface area contributed by atoms with Gasteiger partial charge in [0, 0.05) is 35.3 Å². The molecule has 0 saturated carbocycles. The maximum absolute atomic E-state index is 11.9. The molecule has 0 spiro atoms. The van der Waals surface area contributed by atoms with Gasteiger partial charge < -0.3 is 0 Å². The number of hydrogen-bond acceptors (Lipinski definition) is 3. The zero-order valence-electron chi connectivity index (χ0n) is 10.1. The van der Waals surface area contributed by atoms with Crippen molar-refractivity contribution < 1.29 is 14.0 Å². The van der Waals surface area contributed by atoms with Crippen molar-refractivity contribution in [1.82, 2.24) is 5.27 Å². The van der Waals surface area contributed by atoms with Crippen molar-refractivity contribution in [1.29, 1.82) is 0 Å². The van der Waals surface area contributed by atoms with Gasteiger partial charge >= 0.3 is 10.5 Å². The van der Waals surface area contributed by atoms with E-state index in [1.807, 2.05) is 19.9 Å².